The molecule has 1 unspecified atom stereocenters. The molecule has 108 valence electrons. The van der Waals surface area contributed by atoms with Gasteiger partial charge in [-0.15, -0.1) is 0 Å². The van der Waals surface area contributed by atoms with Crippen LogP contribution in [0.25, 0.3) is 0 Å². The van der Waals surface area contributed by atoms with Gasteiger partial charge in [0.25, 0.3) is 0 Å². The number of piperidine rings is 1. The Morgan fingerprint density at radius 2 is 2.05 bits per heavy atom. The van der Waals surface area contributed by atoms with Crippen LogP contribution in [0.2, 0.25) is 0 Å². The van der Waals surface area contributed by atoms with Gasteiger partial charge in [-0.2, -0.15) is 0 Å². The van der Waals surface area contributed by atoms with Crippen molar-refractivity contribution in [2.45, 2.75) is 44.2 Å². The summed E-state index contributed by atoms with van der Waals surface area (Å²) in [5.74, 6) is 0. The van der Waals surface area contributed by atoms with E-state index in [0.717, 1.165) is 38.8 Å². The Balaban J connectivity index is 1.44. The molecular weight excluding hydrogens is 240 g/mol. The monoisotopic (exact) mass is 266 g/mol. The highest BCUT2D eigenvalue weighted by atomic mass is 16.2. The van der Waals surface area contributed by atoms with E-state index in [1.54, 1.807) is 0 Å². The first-order valence-corrected chi connectivity index (χ1v) is 7.83. The molecule has 0 spiro atoms. The van der Waals surface area contributed by atoms with Crippen molar-refractivity contribution < 1.29 is 4.79 Å². The summed E-state index contributed by atoms with van der Waals surface area (Å²) in [5, 5.41) is 6.53. The Morgan fingerprint density at radius 3 is 2.79 bits per heavy atom. The number of rotatable bonds is 6. The van der Waals surface area contributed by atoms with Gasteiger partial charge >= 0.3 is 6.03 Å². The molecule has 1 saturated carbocycles. The van der Waals surface area contributed by atoms with Crippen LogP contribution in [-0.4, -0.2) is 67.2 Å². The SMILES string of the molecule is O=C1NCCN1CCN1CCCCC1CNC1CC1. The lowest BCUT2D eigenvalue weighted by atomic mass is 10.0. The molecule has 3 fully saturated rings. The van der Waals surface area contributed by atoms with Crippen LogP contribution in [0, 0.1) is 0 Å². The van der Waals surface area contributed by atoms with E-state index in [1.165, 1.54) is 38.6 Å². The Hall–Kier alpha value is -0.810. The van der Waals surface area contributed by atoms with E-state index in [1.807, 2.05) is 4.90 Å². The van der Waals surface area contributed by atoms with Gasteiger partial charge in [0.2, 0.25) is 0 Å². The van der Waals surface area contributed by atoms with Gasteiger partial charge in [-0.3, -0.25) is 4.90 Å². The summed E-state index contributed by atoms with van der Waals surface area (Å²) in [4.78, 5) is 16.1. The van der Waals surface area contributed by atoms with E-state index < -0.39 is 0 Å². The van der Waals surface area contributed by atoms with Crippen molar-refractivity contribution in [3.8, 4) is 0 Å². The average molecular weight is 266 g/mol. The van der Waals surface area contributed by atoms with Gasteiger partial charge in [0.1, 0.15) is 0 Å². The number of nitrogens with one attached hydrogen (secondary N) is 2. The summed E-state index contributed by atoms with van der Waals surface area (Å²) < 4.78 is 0. The summed E-state index contributed by atoms with van der Waals surface area (Å²) in [5.41, 5.74) is 0. The zero-order chi connectivity index (χ0) is 13.1. The molecule has 2 saturated heterocycles. The number of nitrogens with zero attached hydrogens (tertiary/aromatic N) is 2. The van der Waals surface area contributed by atoms with Crippen molar-refractivity contribution in [2.24, 2.45) is 0 Å². The number of hydrogen-bond donors (Lipinski definition) is 2. The van der Waals surface area contributed by atoms with E-state index in [-0.39, 0.29) is 6.03 Å². The molecule has 2 amide bonds. The molecule has 3 aliphatic rings. The molecule has 19 heavy (non-hydrogen) atoms. The van der Waals surface area contributed by atoms with Crippen LogP contribution in [0.4, 0.5) is 4.79 Å². The third kappa shape index (κ3) is 3.60. The highest BCUT2D eigenvalue weighted by molar-refractivity contribution is 5.76. The average Bonchev–Trinajstić information content (AvgIpc) is 3.17. The predicted octanol–water partition coefficient (Wildman–Crippen LogP) is 0.618. The minimum Gasteiger partial charge on any atom is -0.336 e. The van der Waals surface area contributed by atoms with Crippen molar-refractivity contribution >= 4 is 6.03 Å². The van der Waals surface area contributed by atoms with E-state index >= 15 is 0 Å². The minimum atomic E-state index is 0.115. The number of urea groups is 1. The third-order valence-electron chi connectivity index (χ3n) is 4.57. The Kier molecular flexibility index (Phi) is 4.23. The molecule has 5 heteroatoms. The molecular formula is C14H26N4O. The molecule has 0 radical (unpaired) electrons. The number of likely N-dealkylation sites (tertiary alicyclic amines) is 1. The maximum absolute atomic E-state index is 11.5. The Labute approximate surface area is 115 Å². The van der Waals surface area contributed by atoms with Gasteiger partial charge in [-0.05, 0) is 32.2 Å². The fraction of sp³-hybridized carbons (Fsp3) is 0.929. The second-order valence-electron chi connectivity index (χ2n) is 6.09. The van der Waals surface area contributed by atoms with Gasteiger partial charge in [0.15, 0.2) is 0 Å². The topological polar surface area (TPSA) is 47.6 Å². The van der Waals surface area contributed by atoms with E-state index in [9.17, 15) is 4.79 Å². The molecule has 3 rings (SSSR count). The van der Waals surface area contributed by atoms with Crippen LogP contribution in [-0.2, 0) is 0 Å². The van der Waals surface area contributed by atoms with Crippen molar-refractivity contribution in [3.63, 3.8) is 0 Å². The van der Waals surface area contributed by atoms with Crippen LogP contribution in [0.5, 0.6) is 0 Å². The van der Waals surface area contributed by atoms with Crippen molar-refractivity contribution in [1.29, 1.82) is 0 Å². The lowest BCUT2D eigenvalue weighted by Gasteiger charge is -2.36. The van der Waals surface area contributed by atoms with Gasteiger partial charge < -0.3 is 15.5 Å². The zero-order valence-corrected chi connectivity index (χ0v) is 11.7. The zero-order valence-electron chi connectivity index (χ0n) is 11.7. The smallest absolute Gasteiger partial charge is 0.317 e. The first-order valence-electron chi connectivity index (χ1n) is 7.83. The summed E-state index contributed by atoms with van der Waals surface area (Å²) >= 11 is 0. The second kappa shape index (κ2) is 6.09. The number of amides is 2. The molecule has 0 bridgehead atoms. The number of carbonyl (C=O) groups excluding carboxylic acids is 1. The normalized spacial score (nSPS) is 28.7. The minimum absolute atomic E-state index is 0.115. The van der Waals surface area contributed by atoms with Gasteiger partial charge in [0, 0.05) is 44.8 Å². The number of hydrogen-bond acceptors (Lipinski definition) is 3. The molecule has 0 aromatic carbocycles. The molecule has 2 heterocycles. The highest BCUT2D eigenvalue weighted by Crippen LogP contribution is 2.21. The van der Waals surface area contributed by atoms with E-state index in [2.05, 4.69) is 15.5 Å². The lowest BCUT2D eigenvalue weighted by molar-refractivity contribution is 0.132. The maximum atomic E-state index is 11.5. The first kappa shape index (κ1) is 13.2. The summed E-state index contributed by atoms with van der Waals surface area (Å²) in [6.07, 6.45) is 6.71. The fourth-order valence-corrected chi connectivity index (χ4v) is 3.15. The van der Waals surface area contributed by atoms with Gasteiger partial charge in [-0.25, -0.2) is 4.79 Å². The summed E-state index contributed by atoms with van der Waals surface area (Å²) in [7, 11) is 0. The van der Waals surface area contributed by atoms with Crippen LogP contribution < -0.4 is 10.6 Å². The number of carbonyl (C=O) groups is 1. The maximum Gasteiger partial charge on any atom is 0.317 e. The van der Waals surface area contributed by atoms with Crippen LogP contribution >= 0.6 is 0 Å². The molecule has 2 N–H and O–H groups in total. The molecule has 1 atom stereocenters. The largest absolute Gasteiger partial charge is 0.336 e. The molecule has 5 nitrogen and oxygen atoms in total. The molecule has 1 aliphatic carbocycles. The van der Waals surface area contributed by atoms with Crippen molar-refractivity contribution in [2.75, 3.05) is 39.3 Å². The van der Waals surface area contributed by atoms with E-state index in [4.69, 9.17) is 0 Å². The van der Waals surface area contributed by atoms with Crippen molar-refractivity contribution in [3.05, 3.63) is 0 Å². The fourth-order valence-electron chi connectivity index (χ4n) is 3.15. The van der Waals surface area contributed by atoms with Crippen LogP contribution in [0.1, 0.15) is 32.1 Å². The van der Waals surface area contributed by atoms with Crippen molar-refractivity contribution in [1.82, 2.24) is 20.4 Å². The van der Waals surface area contributed by atoms with Gasteiger partial charge in [-0.1, -0.05) is 6.42 Å². The molecule has 0 aromatic rings. The van der Waals surface area contributed by atoms with Gasteiger partial charge in [0.05, 0.1) is 0 Å². The third-order valence-corrected chi connectivity index (χ3v) is 4.57. The molecule has 0 aromatic heterocycles. The Morgan fingerprint density at radius 1 is 1.16 bits per heavy atom. The van der Waals surface area contributed by atoms with E-state index in [0.29, 0.717) is 6.04 Å². The van der Waals surface area contributed by atoms with Crippen LogP contribution in [0.3, 0.4) is 0 Å². The van der Waals surface area contributed by atoms with Crippen LogP contribution in [0.15, 0.2) is 0 Å². The summed E-state index contributed by atoms with van der Waals surface area (Å²) in [6.45, 7) is 5.93. The highest BCUT2D eigenvalue weighted by Gasteiger charge is 2.27. The second-order valence-corrected chi connectivity index (χ2v) is 6.09. The summed E-state index contributed by atoms with van der Waals surface area (Å²) in [6, 6.07) is 1.60. The predicted molar refractivity (Wildman–Crippen MR) is 75.2 cm³/mol. The first-order chi connectivity index (χ1) is 9.33. The Bertz CT molecular complexity index is 319. The quantitative estimate of drug-likeness (QED) is 0.741. The lowest BCUT2D eigenvalue weighted by Crippen LogP contribution is -2.48. The molecule has 2 aliphatic heterocycles. The standard InChI is InChI=1S/C14H26N4O/c19-14-15-6-8-18(14)10-9-17-7-2-1-3-13(17)11-16-12-4-5-12/h12-13,16H,1-11H2,(H,15,19).